The highest BCUT2D eigenvalue weighted by Crippen LogP contribution is 2.43. The molecule has 0 unspecified atom stereocenters. The van der Waals surface area contributed by atoms with Crippen LogP contribution in [0.25, 0.3) is 0 Å². The molecule has 94 valence electrons. The summed E-state index contributed by atoms with van der Waals surface area (Å²) in [5, 5.41) is 0. The largest absolute Gasteiger partial charge is 0.378 e. The van der Waals surface area contributed by atoms with Gasteiger partial charge in [-0.2, -0.15) is 12.6 Å². The lowest BCUT2D eigenvalue weighted by Gasteiger charge is -2.42. The monoisotopic (exact) mass is 242 g/mol. The quantitative estimate of drug-likeness (QED) is 0.731. The molecule has 0 aromatic heterocycles. The van der Waals surface area contributed by atoms with E-state index < -0.39 is 0 Å². The van der Waals surface area contributed by atoms with Crippen molar-refractivity contribution in [2.75, 3.05) is 12.4 Å². The zero-order valence-electron chi connectivity index (χ0n) is 10.8. The molecule has 16 heavy (non-hydrogen) atoms. The number of rotatable bonds is 4. The summed E-state index contributed by atoms with van der Waals surface area (Å²) in [4.78, 5) is 0. The molecule has 2 saturated carbocycles. The van der Waals surface area contributed by atoms with Crippen molar-refractivity contribution in [1.29, 1.82) is 0 Å². The average Bonchev–Trinajstić information content (AvgIpc) is 2.19. The average molecular weight is 242 g/mol. The lowest BCUT2D eigenvalue weighted by Crippen LogP contribution is -2.38. The van der Waals surface area contributed by atoms with Crippen molar-refractivity contribution in [3.63, 3.8) is 0 Å². The fourth-order valence-electron chi connectivity index (χ4n) is 2.86. The van der Waals surface area contributed by atoms with Gasteiger partial charge in [0.25, 0.3) is 0 Å². The normalized spacial score (nSPS) is 28.7. The first-order valence-electron chi connectivity index (χ1n) is 6.78. The number of hydrogen-bond donors (Lipinski definition) is 1. The van der Waals surface area contributed by atoms with Gasteiger partial charge in [0.15, 0.2) is 0 Å². The summed E-state index contributed by atoms with van der Waals surface area (Å²) in [7, 11) is 0. The maximum Gasteiger partial charge on any atom is 0.0575 e. The van der Waals surface area contributed by atoms with E-state index in [2.05, 4.69) is 26.5 Å². The molecule has 0 heterocycles. The Labute approximate surface area is 106 Å². The van der Waals surface area contributed by atoms with E-state index in [0.717, 1.165) is 12.4 Å². The Kier molecular flexibility index (Phi) is 3.90. The fourth-order valence-corrected chi connectivity index (χ4v) is 3.27. The molecule has 0 aliphatic heterocycles. The van der Waals surface area contributed by atoms with Gasteiger partial charge in [-0.15, -0.1) is 0 Å². The van der Waals surface area contributed by atoms with Crippen LogP contribution in [0.3, 0.4) is 0 Å². The summed E-state index contributed by atoms with van der Waals surface area (Å²) in [5.41, 5.74) is 0.994. The molecule has 2 heteroatoms. The minimum atomic E-state index is 0.441. The van der Waals surface area contributed by atoms with Crippen LogP contribution in [0, 0.1) is 10.8 Å². The van der Waals surface area contributed by atoms with Gasteiger partial charge in [0.1, 0.15) is 0 Å². The Hall–Kier alpha value is 0.310. The van der Waals surface area contributed by atoms with Crippen LogP contribution in [0.15, 0.2) is 0 Å². The van der Waals surface area contributed by atoms with Crippen LogP contribution in [0.5, 0.6) is 0 Å². The van der Waals surface area contributed by atoms with Gasteiger partial charge in [0, 0.05) is 5.41 Å². The van der Waals surface area contributed by atoms with E-state index in [1.54, 1.807) is 0 Å². The number of thiol groups is 1. The van der Waals surface area contributed by atoms with E-state index >= 15 is 0 Å². The minimum Gasteiger partial charge on any atom is -0.378 e. The highest BCUT2D eigenvalue weighted by Gasteiger charge is 2.37. The van der Waals surface area contributed by atoms with Crippen LogP contribution >= 0.6 is 12.6 Å². The first-order chi connectivity index (χ1) is 7.55. The van der Waals surface area contributed by atoms with Crippen molar-refractivity contribution in [1.82, 2.24) is 0 Å². The van der Waals surface area contributed by atoms with Crippen LogP contribution in [0.2, 0.25) is 0 Å². The third-order valence-corrected chi connectivity index (χ3v) is 5.33. The van der Waals surface area contributed by atoms with Crippen LogP contribution in [-0.4, -0.2) is 18.5 Å². The van der Waals surface area contributed by atoms with Crippen LogP contribution in [-0.2, 0) is 4.74 Å². The van der Waals surface area contributed by atoms with Crippen LogP contribution in [0.1, 0.15) is 58.8 Å². The molecule has 1 nitrogen and oxygen atoms in total. The Morgan fingerprint density at radius 3 is 2.19 bits per heavy atom. The fraction of sp³-hybridized carbons (Fsp3) is 1.00. The molecule has 0 amide bonds. The summed E-state index contributed by atoms with van der Waals surface area (Å²) < 4.78 is 6.13. The van der Waals surface area contributed by atoms with Crippen molar-refractivity contribution < 1.29 is 4.74 Å². The zero-order valence-corrected chi connectivity index (χ0v) is 11.7. The molecule has 0 saturated heterocycles. The maximum absolute atomic E-state index is 6.13. The minimum absolute atomic E-state index is 0.441. The zero-order chi connectivity index (χ0) is 11.6. The summed E-state index contributed by atoms with van der Waals surface area (Å²) in [6, 6.07) is 0. The molecular formula is C14H26OS. The molecule has 0 atom stereocenters. The first kappa shape index (κ1) is 12.8. The Morgan fingerprint density at radius 1 is 1.12 bits per heavy atom. The third-order valence-electron chi connectivity index (χ3n) is 4.66. The molecule has 2 fully saturated rings. The molecular weight excluding hydrogens is 216 g/mol. The van der Waals surface area contributed by atoms with Crippen LogP contribution in [0.4, 0.5) is 0 Å². The second-order valence-corrected chi connectivity index (χ2v) is 7.00. The lowest BCUT2D eigenvalue weighted by atomic mass is 9.71. The Balaban J connectivity index is 1.71. The van der Waals surface area contributed by atoms with E-state index in [9.17, 15) is 0 Å². The van der Waals surface area contributed by atoms with Gasteiger partial charge in [0.05, 0.1) is 12.7 Å². The van der Waals surface area contributed by atoms with Gasteiger partial charge in [-0.1, -0.05) is 20.3 Å². The van der Waals surface area contributed by atoms with E-state index in [4.69, 9.17) is 4.74 Å². The lowest BCUT2D eigenvalue weighted by molar-refractivity contribution is -0.0562. The number of hydrogen-bond acceptors (Lipinski definition) is 2. The van der Waals surface area contributed by atoms with Gasteiger partial charge in [-0.25, -0.2) is 0 Å². The SMILES string of the molecule is CC1(C)CCC(OCC2(CS)CCC2)CC1. The number of ether oxygens (including phenoxy) is 1. The van der Waals surface area contributed by atoms with Crippen LogP contribution < -0.4 is 0 Å². The maximum atomic E-state index is 6.13. The molecule has 0 aromatic rings. The Bertz CT molecular complexity index is 217. The van der Waals surface area contributed by atoms with E-state index in [-0.39, 0.29) is 0 Å². The molecule has 0 bridgehead atoms. The topological polar surface area (TPSA) is 9.23 Å². The summed E-state index contributed by atoms with van der Waals surface area (Å²) in [5.74, 6) is 1.01. The molecule has 0 radical (unpaired) electrons. The summed E-state index contributed by atoms with van der Waals surface area (Å²) in [6.45, 7) is 5.72. The predicted octanol–water partition coefficient (Wildman–Crippen LogP) is 4.07. The Morgan fingerprint density at radius 2 is 1.75 bits per heavy atom. The summed E-state index contributed by atoms with van der Waals surface area (Å²) >= 11 is 4.48. The molecule has 0 spiro atoms. The third kappa shape index (κ3) is 2.95. The van der Waals surface area contributed by atoms with Gasteiger partial charge < -0.3 is 4.74 Å². The van der Waals surface area contributed by atoms with E-state index in [1.165, 1.54) is 44.9 Å². The molecule has 2 aliphatic rings. The van der Waals surface area contributed by atoms with E-state index in [1.807, 2.05) is 0 Å². The highest BCUT2D eigenvalue weighted by molar-refractivity contribution is 7.80. The van der Waals surface area contributed by atoms with Gasteiger partial charge in [-0.3, -0.25) is 0 Å². The van der Waals surface area contributed by atoms with Crippen molar-refractivity contribution in [2.24, 2.45) is 10.8 Å². The molecule has 2 aliphatic carbocycles. The highest BCUT2D eigenvalue weighted by atomic mass is 32.1. The van der Waals surface area contributed by atoms with Gasteiger partial charge in [-0.05, 0) is 49.7 Å². The smallest absolute Gasteiger partial charge is 0.0575 e. The second-order valence-electron chi connectivity index (χ2n) is 6.69. The van der Waals surface area contributed by atoms with Gasteiger partial charge in [0.2, 0.25) is 0 Å². The molecule has 0 N–H and O–H groups in total. The first-order valence-corrected chi connectivity index (χ1v) is 7.41. The van der Waals surface area contributed by atoms with Crippen molar-refractivity contribution in [2.45, 2.75) is 64.9 Å². The predicted molar refractivity (Wildman–Crippen MR) is 72.1 cm³/mol. The van der Waals surface area contributed by atoms with E-state index in [0.29, 0.717) is 16.9 Å². The second kappa shape index (κ2) is 4.89. The van der Waals surface area contributed by atoms with Crippen molar-refractivity contribution in [3.05, 3.63) is 0 Å². The standard InChI is InChI=1S/C14H26OS/c1-13(2)8-4-12(5-9-13)15-10-14(11-16)6-3-7-14/h12,16H,3-11H2,1-2H3. The molecule has 0 aromatic carbocycles. The van der Waals surface area contributed by atoms with Gasteiger partial charge >= 0.3 is 0 Å². The van der Waals surface area contributed by atoms with Crippen molar-refractivity contribution in [3.8, 4) is 0 Å². The van der Waals surface area contributed by atoms with Crippen molar-refractivity contribution >= 4 is 12.6 Å². The summed E-state index contributed by atoms with van der Waals surface area (Å²) in [6.07, 6.45) is 9.73. The molecule has 2 rings (SSSR count).